The summed E-state index contributed by atoms with van der Waals surface area (Å²) in [5.74, 6) is 2.11. The van der Waals surface area contributed by atoms with Gasteiger partial charge in [0.25, 0.3) is 0 Å². The Hall–Kier alpha value is -1.90. The van der Waals surface area contributed by atoms with E-state index in [4.69, 9.17) is 4.98 Å². The van der Waals surface area contributed by atoms with Crippen molar-refractivity contribution >= 4 is 5.82 Å². The summed E-state index contributed by atoms with van der Waals surface area (Å²) in [5, 5.41) is 3.30. The summed E-state index contributed by atoms with van der Waals surface area (Å²) >= 11 is 0. The molecular weight excluding hydrogens is 246 g/mol. The lowest BCUT2D eigenvalue weighted by atomic mass is 10.0. The van der Waals surface area contributed by atoms with Crippen molar-refractivity contribution in [2.75, 3.05) is 11.9 Å². The monoisotopic (exact) mass is 269 g/mol. The van der Waals surface area contributed by atoms with Crippen LogP contribution >= 0.6 is 0 Å². The van der Waals surface area contributed by atoms with Crippen LogP contribution in [0.1, 0.15) is 43.6 Å². The van der Waals surface area contributed by atoms with Gasteiger partial charge in [0, 0.05) is 24.1 Å². The van der Waals surface area contributed by atoms with E-state index in [1.807, 2.05) is 6.07 Å². The van der Waals surface area contributed by atoms with Crippen molar-refractivity contribution < 1.29 is 0 Å². The second-order valence-corrected chi connectivity index (χ2v) is 5.43. The lowest BCUT2D eigenvalue weighted by Gasteiger charge is -2.13. The van der Waals surface area contributed by atoms with E-state index < -0.39 is 0 Å². The number of benzene rings is 1. The summed E-state index contributed by atoms with van der Waals surface area (Å²) in [6.45, 7) is 11.5. The highest BCUT2D eigenvalue weighted by Crippen LogP contribution is 2.26. The highest BCUT2D eigenvalue weighted by Gasteiger charge is 2.11. The molecule has 0 saturated carbocycles. The van der Waals surface area contributed by atoms with Gasteiger partial charge in [0.05, 0.1) is 5.69 Å². The lowest BCUT2D eigenvalue weighted by Crippen LogP contribution is -2.06. The molecule has 0 atom stereocenters. The lowest BCUT2D eigenvalue weighted by molar-refractivity contribution is 0.776. The zero-order valence-corrected chi connectivity index (χ0v) is 13.0. The van der Waals surface area contributed by atoms with Crippen LogP contribution in [0, 0.1) is 13.8 Å². The maximum Gasteiger partial charge on any atom is 0.133 e. The first-order chi connectivity index (χ1) is 9.52. The molecule has 2 rings (SSSR count). The summed E-state index contributed by atoms with van der Waals surface area (Å²) in [6, 6.07) is 8.39. The Morgan fingerprint density at radius 3 is 2.55 bits per heavy atom. The number of aromatic nitrogens is 2. The van der Waals surface area contributed by atoms with Crippen molar-refractivity contribution in [1.82, 2.24) is 9.97 Å². The van der Waals surface area contributed by atoms with Crippen molar-refractivity contribution in [2.45, 2.75) is 40.5 Å². The SMILES string of the molecule is CCNc1cc(-c2cccc(C)c2C)nc(C(C)C)n1. The van der Waals surface area contributed by atoms with E-state index in [2.05, 4.69) is 63.1 Å². The molecule has 20 heavy (non-hydrogen) atoms. The van der Waals surface area contributed by atoms with E-state index in [9.17, 15) is 0 Å². The minimum Gasteiger partial charge on any atom is -0.370 e. The van der Waals surface area contributed by atoms with E-state index in [0.717, 1.165) is 23.9 Å². The average molecular weight is 269 g/mol. The minimum absolute atomic E-state index is 0.317. The molecule has 0 aliphatic rings. The molecule has 0 bridgehead atoms. The van der Waals surface area contributed by atoms with Crippen LogP contribution in [0.2, 0.25) is 0 Å². The molecule has 1 aromatic heterocycles. The summed E-state index contributed by atoms with van der Waals surface area (Å²) in [5.41, 5.74) is 4.76. The summed E-state index contributed by atoms with van der Waals surface area (Å²) < 4.78 is 0. The number of hydrogen-bond acceptors (Lipinski definition) is 3. The van der Waals surface area contributed by atoms with Gasteiger partial charge < -0.3 is 5.32 Å². The molecule has 0 aliphatic carbocycles. The molecule has 1 aromatic carbocycles. The maximum absolute atomic E-state index is 4.74. The van der Waals surface area contributed by atoms with E-state index in [1.165, 1.54) is 16.7 Å². The van der Waals surface area contributed by atoms with Gasteiger partial charge in [-0.25, -0.2) is 9.97 Å². The van der Waals surface area contributed by atoms with Gasteiger partial charge in [0.1, 0.15) is 11.6 Å². The highest BCUT2D eigenvalue weighted by molar-refractivity contribution is 5.67. The first kappa shape index (κ1) is 14.5. The third-order valence-corrected chi connectivity index (χ3v) is 3.50. The second-order valence-electron chi connectivity index (χ2n) is 5.43. The highest BCUT2D eigenvalue weighted by atomic mass is 15.0. The molecule has 0 unspecified atom stereocenters. The smallest absolute Gasteiger partial charge is 0.133 e. The van der Waals surface area contributed by atoms with Gasteiger partial charge in [0.2, 0.25) is 0 Å². The van der Waals surface area contributed by atoms with Gasteiger partial charge in [-0.15, -0.1) is 0 Å². The van der Waals surface area contributed by atoms with Crippen LogP contribution in [0.15, 0.2) is 24.3 Å². The standard InChI is InChI=1S/C17H23N3/c1-6-18-16-10-15(19-17(20-16)11(2)3)14-9-7-8-12(4)13(14)5/h7-11H,6H2,1-5H3,(H,18,19,20). The fourth-order valence-corrected chi connectivity index (χ4v) is 2.16. The molecular formula is C17H23N3. The molecule has 0 saturated heterocycles. The molecule has 2 aromatic rings. The van der Waals surface area contributed by atoms with E-state index in [1.54, 1.807) is 0 Å². The summed E-state index contributed by atoms with van der Waals surface area (Å²) in [4.78, 5) is 9.31. The Morgan fingerprint density at radius 1 is 1.15 bits per heavy atom. The number of rotatable bonds is 4. The molecule has 0 fully saturated rings. The fraction of sp³-hybridized carbons (Fsp3) is 0.412. The third-order valence-electron chi connectivity index (χ3n) is 3.50. The number of anilines is 1. The van der Waals surface area contributed by atoms with Crippen molar-refractivity contribution in [2.24, 2.45) is 0 Å². The van der Waals surface area contributed by atoms with Crippen LogP contribution in [0.4, 0.5) is 5.82 Å². The number of nitrogens with one attached hydrogen (secondary N) is 1. The zero-order valence-electron chi connectivity index (χ0n) is 13.0. The Kier molecular flexibility index (Phi) is 4.38. The molecule has 0 aliphatic heterocycles. The molecule has 1 N–H and O–H groups in total. The predicted molar refractivity (Wildman–Crippen MR) is 85.2 cm³/mol. The van der Waals surface area contributed by atoms with Gasteiger partial charge in [0.15, 0.2) is 0 Å². The molecule has 106 valence electrons. The molecule has 3 heteroatoms. The topological polar surface area (TPSA) is 37.8 Å². The summed E-state index contributed by atoms with van der Waals surface area (Å²) in [6.07, 6.45) is 0. The third kappa shape index (κ3) is 2.98. The van der Waals surface area contributed by atoms with Crippen LogP contribution in [0.25, 0.3) is 11.3 Å². The van der Waals surface area contributed by atoms with Crippen LogP contribution < -0.4 is 5.32 Å². The van der Waals surface area contributed by atoms with Crippen LogP contribution in [0.5, 0.6) is 0 Å². The van der Waals surface area contributed by atoms with Crippen molar-refractivity contribution in [3.05, 3.63) is 41.2 Å². The Labute approximate surface area is 121 Å². The largest absolute Gasteiger partial charge is 0.370 e. The first-order valence-electron chi connectivity index (χ1n) is 7.22. The maximum atomic E-state index is 4.74. The normalized spacial score (nSPS) is 10.9. The van der Waals surface area contributed by atoms with E-state index >= 15 is 0 Å². The van der Waals surface area contributed by atoms with E-state index in [0.29, 0.717) is 5.92 Å². The van der Waals surface area contributed by atoms with Crippen molar-refractivity contribution in [3.63, 3.8) is 0 Å². The molecule has 0 radical (unpaired) electrons. The van der Waals surface area contributed by atoms with Crippen molar-refractivity contribution in [3.8, 4) is 11.3 Å². The van der Waals surface area contributed by atoms with Crippen molar-refractivity contribution in [1.29, 1.82) is 0 Å². The van der Waals surface area contributed by atoms with E-state index in [-0.39, 0.29) is 0 Å². The molecule has 3 nitrogen and oxygen atoms in total. The van der Waals surface area contributed by atoms with Gasteiger partial charge in [-0.2, -0.15) is 0 Å². The Balaban J connectivity index is 2.57. The Bertz CT molecular complexity index is 603. The first-order valence-corrected chi connectivity index (χ1v) is 7.22. The summed E-state index contributed by atoms with van der Waals surface area (Å²) in [7, 11) is 0. The molecule has 0 spiro atoms. The quantitative estimate of drug-likeness (QED) is 0.898. The molecule has 1 heterocycles. The number of hydrogen-bond donors (Lipinski definition) is 1. The van der Waals surface area contributed by atoms with Crippen LogP contribution in [-0.2, 0) is 0 Å². The van der Waals surface area contributed by atoms with Gasteiger partial charge >= 0.3 is 0 Å². The Morgan fingerprint density at radius 2 is 1.90 bits per heavy atom. The second kappa shape index (κ2) is 6.04. The molecule has 0 amide bonds. The van der Waals surface area contributed by atoms with Crippen LogP contribution in [-0.4, -0.2) is 16.5 Å². The van der Waals surface area contributed by atoms with Gasteiger partial charge in [-0.3, -0.25) is 0 Å². The fourth-order valence-electron chi connectivity index (χ4n) is 2.16. The minimum atomic E-state index is 0.317. The van der Waals surface area contributed by atoms with Gasteiger partial charge in [-0.05, 0) is 31.9 Å². The average Bonchev–Trinajstić information content (AvgIpc) is 2.42. The number of aryl methyl sites for hydroxylation is 1. The number of nitrogens with zero attached hydrogens (tertiary/aromatic N) is 2. The zero-order chi connectivity index (χ0) is 14.7. The predicted octanol–water partition coefficient (Wildman–Crippen LogP) is 4.32. The van der Waals surface area contributed by atoms with Gasteiger partial charge in [-0.1, -0.05) is 32.0 Å². The van der Waals surface area contributed by atoms with Crippen LogP contribution in [0.3, 0.4) is 0 Å².